The first-order valence-corrected chi connectivity index (χ1v) is 9.81. The number of rotatable bonds is 8. The molecular weight excluding hydrogens is 342 g/mol. The normalized spacial score (nSPS) is 17.8. The molecule has 0 bridgehead atoms. The first-order chi connectivity index (χ1) is 11.7. The zero-order chi connectivity index (χ0) is 16.8. The third-order valence-corrected chi connectivity index (χ3v) is 5.76. The smallest absolute Gasteiger partial charge is 0.119 e. The van der Waals surface area contributed by atoms with Crippen LogP contribution in [0.5, 0.6) is 5.75 Å². The number of hydrogen-bond acceptors (Lipinski definition) is 4. The van der Waals surface area contributed by atoms with Crippen LogP contribution >= 0.6 is 22.9 Å². The van der Waals surface area contributed by atoms with Crippen molar-refractivity contribution in [2.45, 2.75) is 37.8 Å². The van der Waals surface area contributed by atoms with E-state index in [2.05, 4.69) is 22.8 Å². The molecule has 3 rings (SSSR count). The van der Waals surface area contributed by atoms with Gasteiger partial charge in [-0.1, -0.05) is 30.5 Å². The summed E-state index contributed by atoms with van der Waals surface area (Å²) in [4.78, 5) is 1.37. The Labute approximate surface area is 152 Å². The molecule has 0 saturated heterocycles. The van der Waals surface area contributed by atoms with Crippen LogP contribution in [-0.4, -0.2) is 24.4 Å². The fourth-order valence-electron chi connectivity index (χ4n) is 3.30. The van der Waals surface area contributed by atoms with E-state index in [-0.39, 0.29) is 6.61 Å². The summed E-state index contributed by atoms with van der Waals surface area (Å²) >= 11 is 7.65. The van der Waals surface area contributed by atoms with Crippen LogP contribution in [-0.2, 0) is 0 Å². The summed E-state index contributed by atoms with van der Waals surface area (Å²) in [5.41, 5.74) is 0. The third-order valence-electron chi connectivity index (χ3n) is 4.55. The van der Waals surface area contributed by atoms with Crippen molar-refractivity contribution in [2.24, 2.45) is 5.92 Å². The molecule has 3 nitrogen and oxygen atoms in total. The molecule has 2 unspecified atom stereocenters. The predicted molar refractivity (Wildman–Crippen MR) is 100.0 cm³/mol. The average Bonchev–Trinajstić information content (AvgIpc) is 3.29. The van der Waals surface area contributed by atoms with Gasteiger partial charge in [-0.3, -0.25) is 0 Å². The molecule has 1 aliphatic rings. The van der Waals surface area contributed by atoms with Gasteiger partial charge >= 0.3 is 0 Å². The lowest BCUT2D eigenvalue weighted by Gasteiger charge is -2.25. The lowest BCUT2D eigenvalue weighted by Crippen LogP contribution is -2.36. The highest BCUT2D eigenvalue weighted by Crippen LogP contribution is 2.37. The SMILES string of the molecule is OC(CNC(c1cccs1)C1CCCC1)COc1ccc(Cl)cc1. The van der Waals surface area contributed by atoms with Gasteiger partial charge in [0.2, 0.25) is 0 Å². The second-order valence-electron chi connectivity index (χ2n) is 6.36. The number of aliphatic hydroxyl groups excluding tert-OH is 1. The molecule has 1 saturated carbocycles. The molecule has 0 aliphatic heterocycles. The quantitative estimate of drug-likeness (QED) is 0.714. The van der Waals surface area contributed by atoms with Gasteiger partial charge in [-0.15, -0.1) is 11.3 Å². The number of ether oxygens (including phenoxy) is 1. The fraction of sp³-hybridized carbons (Fsp3) is 0.474. The maximum Gasteiger partial charge on any atom is 0.119 e. The van der Waals surface area contributed by atoms with Crippen molar-refractivity contribution < 1.29 is 9.84 Å². The lowest BCUT2D eigenvalue weighted by atomic mass is 9.96. The molecule has 1 aliphatic carbocycles. The molecule has 1 heterocycles. The molecule has 2 aromatic rings. The Morgan fingerprint density at radius 1 is 1.21 bits per heavy atom. The van der Waals surface area contributed by atoms with Crippen LogP contribution in [0.3, 0.4) is 0 Å². The molecule has 1 aromatic heterocycles. The van der Waals surface area contributed by atoms with E-state index in [1.54, 1.807) is 23.5 Å². The van der Waals surface area contributed by atoms with Crippen LogP contribution in [0.25, 0.3) is 0 Å². The van der Waals surface area contributed by atoms with E-state index >= 15 is 0 Å². The Morgan fingerprint density at radius 3 is 2.62 bits per heavy atom. The van der Waals surface area contributed by atoms with Crippen molar-refractivity contribution in [3.05, 3.63) is 51.7 Å². The molecule has 1 fully saturated rings. The van der Waals surface area contributed by atoms with Crippen LogP contribution in [0.4, 0.5) is 0 Å². The third kappa shape index (κ3) is 4.96. The summed E-state index contributed by atoms with van der Waals surface area (Å²) in [6, 6.07) is 11.8. The summed E-state index contributed by atoms with van der Waals surface area (Å²) in [7, 11) is 0. The van der Waals surface area contributed by atoms with Gasteiger partial charge in [0.1, 0.15) is 18.5 Å². The van der Waals surface area contributed by atoms with Crippen LogP contribution in [0.1, 0.15) is 36.6 Å². The molecule has 0 amide bonds. The van der Waals surface area contributed by atoms with Gasteiger partial charge in [0, 0.05) is 22.5 Å². The molecule has 2 atom stereocenters. The number of aliphatic hydroxyl groups is 1. The Hall–Kier alpha value is -1.07. The Kier molecular flexibility index (Phi) is 6.55. The van der Waals surface area contributed by atoms with Crippen molar-refractivity contribution in [1.82, 2.24) is 5.32 Å². The molecule has 2 N–H and O–H groups in total. The Bertz CT molecular complexity index is 596. The number of hydrogen-bond donors (Lipinski definition) is 2. The van der Waals surface area contributed by atoms with E-state index in [0.29, 0.717) is 23.5 Å². The molecule has 5 heteroatoms. The van der Waals surface area contributed by atoms with Crippen molar-refractivity contribution >= 4 is 22.9 Å². The standard InChI is InChI=1S/C19H24ClNO2S/c20-15-7-9-17(10-8-15)23-13-16(22)12-21-19(14-4-1-2-5-14)18-6-3-11-24-18/h3,6-11,14,16,19,21-22H,1-2,4-5,12-13H2. The number of nitrogens with one attached hydrogen (secondary N) is 1. The van der Waals surface area contributed by atoms with Crippen molar-refractivity contribution in [3.8, 4) is 5.75 Å². The lowest BCUT2D eigenvalue weighted by molar-refractivity contribution is 0.101. The summed E-state index contributed by atoms with van der Waals surface area (Å²) in [6.07, 6.45) is 4.64. The summed E-state index contributed by atoms with van der Waals surface area (Å²) in [5.74, 6) is 1.40. The largest absolute Gasteiger partial charge is 0.491 e. The van der Waals surface area contributed by atoms with Crippen molar-refractivity contribution in [3.63, 3.8) is 0 Å². The van der Waals surface area contributed by atoms with Gasteiger partial charge in [0.05, 0.1) is 0 Å². The van der Waals surface area contributed by atoms with Crippen LogP contribution in [0.2, 0.25) is 5.02 Å². The van der Waals surface area contributed by atoms with Gasteiger partial charge in [0.25, 0.3) is 0 Å². The molecule has 1 aromatic carbocycles. The second kappa shape index (κ2) is 8.86. The maximum atomic E-state index is 10.2. The van der Waals surface area contributed by atoms with Gasteiger partial charge < -0.3 is 15.2 Å². The van der Waals surface area contributed by atoms with Gasteiger partial charge in [0.15, 0.2) is 0 Å². The molecule has 0 spiro atoms. The Morgan fingerprint density at radius 2 is 1.96 bits per heavy atom. The average molecular weight is 366 g/mol. The summed E-state index contributed by atoms with van der Waals surface area (Å²) < 4.78 is 5.63. The highest BCUT2D eigenvalue weighted by atomic mass is 35.5. The van der Waals surface area contributed by atoms with Crippen molar-refractivity contribution in [1.29, 1.82) is 0 Å². The predicted octanol–water partition coefficient (Wildman–Crippen LogP) is 4.66. The minimum Gasteiger partial charge on any atom is -0.491 e. The van der Waals surface area contributed by atoms with Crippen LogP contribution < -0.4 is 10.1 Å². The minimum atomic E-state index is -0.537. The van der Waals surface area contributed by atoms with Gasteiger partial charge in [-0.2, -0.15) is 0 Å². The van der Waals surface area contributed by atoms with Gasteiger partial charge in [-0.05, 0) is 54.5 Å². The number of thiophene rings is 1. The zero-order valence-electron chi connectivity index (χ0n) is 13.7. The topological polar surface area (TPSA) is 41.5 Å². The number of benzene rings is 1. The van der Waals surface area contributed by atoms with E-state index in [4.69, 9.17) is 16.3 Å². The summed E-state index contributed by atoms with van der Waals surface area (Å²) in [6.45, 7) is 0.809. The second-order valence-corrected chi connectivity index (χ2v) is 7.78. The van der Waals surface area contributed by atoms with E-state index in [1.807, 2.05) is 12.1 Å². The van der Waals surface area contributed by atoms with E-state index in [9.17, 15) is 5.11 Å². The maximum absolute atomic E-state index is 10.2. The number of halogens is 1. The van der Waals surface area contributed by atoms with Crippen LogP contribution in [0.15, 0.2) is 41.8 Å². The molecule has 0 radical (unpaired) electrons. The molecular formula is C19H24ClNO2S. The summed E-state index contributed by atoms with van der Waals surface area (Å²) in [5, 5.41) is 16.6. The first kappa shape index (κ1) is 17.7. The molecule has 24 heavy (non-hydrogen) atoms. The highest BCUT2D eigenvalue weighted by Gasteiger charge is 2.27. The highest BCUT2D eigenvalue weighted by molar-refractivity contribution is 7.10. The Balaban J connectivity index is 1.49. The van der Waals surface area contributed by atoms with Gasteiger partial charge in [-0.25, -0.2) is 0 Å². The molecule has 130 valence electrons. The zero-order valence-corrected chi connectivity index (χ0v) is 15.2. The van der Waals surface area contributed by atoms with Crippen molar-refractivity contribution in [2.75, 3.05) is 13.2 Å². The fourth-order valence-corrected chi connectivity index (χ4v) is 4.32. The minimum absolute atomic E-state index is 0.274. The van der Waals surface area contributed by atoms with E-state index in [1.165, 1.54) is 30.6 Å². The monoisotopic (exact) mass is 365 g/mol. The van der Waals surface area contributed by atoms with E-state index in [0.717, 1.165) is 5.75 Å². The first-order valence-electron chi connectivity index (χ1n) is 8.55. The van der Waals surface area contributed by atoms with E-state index < -0.39 is 6.10 Å². The van der Waals surface area contributed by atoms with Crippen LogP contribution in [0, 0.1) is 5.92 Å².